The topological polar surface area (TPSA) is 72.8 Å². The summed E-state index contributed by atoms with van der Waals surface area (Å²) in [6.07, 6.45) is 0. The second kappa shape index (κ2) is 16.6. The Morgan fingerprint density at radius 2 is 0.725 bits per heavy atom. The summed E-state index contributed by atoms with van der Waals surface area (Å²) < 4.78 is 29.1. The van der Waals surface area contributed by atoms with Crippen LogP contribution in [0, 0.1) is 0 Å². The quantitative estimate of drug-likeness (QED) is 0.152. The first kappa shape index (κ1) is 41.1. The molecule has 1 aliphatic heterocycles. The van der Waals surface area contributed by atoms with Crippen LogP contribution in [-0.4, -0.2) is 23.4 Å². The molecule has 5 nitrogen and oxygen atoms in total. The zero-order chi connectivity index (χ0) is 46.1. The van der Waals surface area contributed by atoms with Gasteiger partial charge in [-0.3, -0.25) is 0 Å². The fourth-order valence-corrected chi connectivity index (χ4v) is 13.8. The predicted octanol–water partition coefficient (Wildman–Crippen LogP) is 16.5. The molecule has 326 valence electrons. The van der Waals surface area contributed by atoms with Gasteiger partial charge in [0.15, 0.2) is 17.5 Å². The summed E-state index contributed by atoms with van der Waals surface area (Å²) in [5.74, 6) is 1.88. The molecule has 0 saturated heterocycles. The Balaban J connectivity index is 0.945. The molecule has 0 bridgehead atoms. The second-order valence-electron chi connectivity index (χ2n) is 17.1. The molecule has 0 saturated carbocycles. The van der Waals surface area contributed by atoms with E-state index in [1.807, 2.05) is 108 Å². The van der Waals surface area contributed by atoms with Crippen molar-refractivity contribution in [2.45, 2.75) is 9.79 Å². The number of fused-ring (bicyclic) bond motifs is 5. The Kier molecular flexibility index (Phi) is 9.87. The van der Waals surface area contributed by atoms with Gasteiger partial charge in [0.05, 0.1) is 9.79 Å². The Morgan fingerprint density at radius 1 is 0.304 bits per heavy atom. The Morgan fingerprint density at radius 3 is 1.29 bits per heavy atom. The molecule has 0 aliphatic carbocycles. The van der Waals surface area contributed by atoms with E-state index in [2.05, 4.69) is 121 Å². The molecule has 3 aromatic heterocycles. The van der Waals surface area contributed by atoms with Gasteiger partial charge < -0.3 is 0 Å². The SMILES string of the molecule is O=S1(=O)c2ccccc2-c2cc(-c3ccc(-c4cc5c(-c6ccccc6)c6sc(-c7cccc(-c8nc(-c9ccccc9)nc(-c9ccccc9)n8)c7)cc6c(-c6ccccc6)c5s4)cc3)ccc21. The molecule has 0 radical (unpaired) electrons. The van der Waals surface area contributed by atoms with Crippen molar-refractivity contribution in [1.82, 2.24) is 15.0 Å². The maximum absolute atomic E-state index is 13.3. The van der Waals surface area contributed by atoms with E-state index < -0.39 is 9.84 Å². The summed E-state index contributed by atoms with van der Waals surface area (Å²) in [7, 11) is -3.53. The van der Waals surface area contributed by atoms with Crippen molar-refractivity contribution in [3.05, 3.63) is 224 Å². The van der Waals surface area contributed by atoms with Crippen molar-refractivity contribution in [3.8, 4) is 99.6 Å². The van der Waals surface area contributed by atoms with Crippen molar-refractivity contribution in [3.63, 3.8) is 0 Å². The van der Waals surface area contributed by atoms with Gasteiger partial charge in [-0.15, -0.1) is 22.7 Å². The minimum atomic E-state index is -3.53. The van der Waals surface area contributed by atoms with E-state index in [1.54, 1.807) is 18.2 Å². The minimum Gasteiger partial charge on any atom is -0.218 e. The molecule has 0 N–H and O–H groups in total. The molecule has 69 heavy (non-hydrogen) atoms. The smallest absolute Gasteiger partial charge is 0.207 e. The molecular formula is C61H37N3O2S3. The van der Waals surface area contributed by atoms with Crippen LogP contribution in [0.25, 0.3) is 120 Å². The van der Waals surface area contributed by atoms with Gasteiger partial charge in [-0.25, -0.2) is 23.4 Å². The number of nitrogens with zero attached hydrogens (tertiary/aromatic N) is 3. The third kappa shape index (κ3) is 7.11. The molecule has 8 heteroatoms. The molecule has 9 aromatic carbocycles. The highest BCUT2D eigenvalue weighted by Gasteiger charge is 2.32. The molecule has 4 heterocycles. The maximum Gasteiger partial charge on any atom is 0.207 e. The Labute approximate surface area is 407 Å². The molecule has 12 aromatic rings. The van der Waals surface area contributed by atoms with Crippen LogP contribution in [0.4, 0.5) is 0 Å². The van der Waals surface area contributed by atoms with Gasteiger partial charge in [-0.05, 0) is 69.8 Å². The third-order valence-corrected chi connectivity index (χ3v) is 17.2. The second-order valence-corrected chi connectivity index (χ2v) is 21.1. The van der Waals surface area contributed by atoms with E-state index in [4.69, 9.17) is 15.0 Å². The lowest BCUT2D eigenvalue weighted by Crippen LogP contribution is -2.00. The standard InChI is InChI=1S/C61H37N3O2S3/c65-69(66)53-27-14-13-26-47(53)48-35-44(32-33-54(48)69)38-28-30-39(31-29-38)51-36-49-55(40-16-5-1-6-17-40)58-50(56(57(49)67-51)41-18-7-2-8-19-41)37-52(68-58)45-24-15-25-46(34-45)61-63-59(42-20-9-3-10-21-42)62-60(64-61)43-22-11-4-12-23-43/h1-37H. The number of rotatable bonds is 8. The molecule has 0 atom stereocenters. The first-order chi connectivity index (χ1) is 33.9. The van der Waals surface area contributed by atoms with Crippen LogP contribution in [0.1, 0.15) is 0 Å². The molecule has 13 rings (SSSR count). The zero-order valence-electron chi connectivity index (χ0n) is 36.7. The summed E-state index contributed by atoms with van der Waals surface area (Å²) in [5.41, 5.74) is 13.3. The van der Waals surface area contributed by atoms with E-state index in [-0.39, 0.29) is 0 Å². The van der Waals surface area contributed by atoms with Gasteiger partial charge in [0.1, 0.15) is 0 Å². The van der Waals surface area contributed by atoms with Crippen molar-refractivity contribution < 1.29 is 8.42 Å². The Bertz CT molecular complexity index is 3910. The van der Waals surface area contributed by atoms with Gasteiger partial charge in [0, 0.05) is 68.9 Å². The molecular weight excluding hydrogens is 903 g/mol. The van der Waals surface area contributed by atoms with Crippen LogP contribution in [-0.2, 0) is 9.84 Å². The molecule has 0 spiro atoms. The van der Waals surface area contributed by atoms with Crippen LogP contribution in [0.2, 0.25) is 0 Å². The summed E-state index contributed by atoms with van der Waals surface area (Å²) >= 11 is 3.65. The van der Waals surface area contributed by atoms with Gasteiger partial charge in [0.2, 0.25) is 9.84 Å². The first-order valence-electron chi connectivity index (χ1n) is 22.7. The predicted molar refractivity (Wildman–Crippen MR) is 285 cm³/mol. The van der Waals surface area contributed by atoms with E-state index in [9.17, 15) is 8.42 Å². The summed E-state index contributed by atoms with van der Waals surface area (Å²) in [6.45, 7) is 0. The van der Waals surface area contributed by atoms with Crippen LogP contribution in [0.3, 0.4) is 0 Å². The third-order valence-electron chi connectivity index (χ3n) is 12.9. The van der Waals surface area contributed by atoms with E-state index in [1.165, 1.54) is 47.3 Å². The van der Waals surface area contributed by atoms with Gasteiger partial charge in [0.25, 0.3) is 0 Å². The van der Waals surface area contributed by atoms with Crippen molar-refractivity contribution in [2.75, 3.05) is 0 Å². The highest BCUT2D eigenvalue weighted by atomic mass is 32.2. The fraction of sp³-hybridized carbons (Fsp3) is 0. The lowest BCUT2D eigenvalue weighted by Gasteiger charge is -2.12. The Hall–Kier alpha value is -8.14. The maximum atomic E-state index is 13.3. The lowest BCUT2D eigenvalue weighted by molar-refractivity contribution is 0.598. The lowest BCUT2D eigenvalue weighted by atomic mass is 9.93. The first-order valence-corrected chi connectivity index (χ1v) is 25.8. The zero-order valence-corrected chi connectivity index (χ0v) is 39.2. The molecule has 0 fully saturated rings. The average molecular weight is 940 g/mol. The number of hydrogen-bond donors (Lipinski definition) is 0. The molecule has 0 unspecified atom stereocenters. The number of benzene rings is 9. The van der Waals surface area contributed by atoms with E-state index in [0.717, 1.165) is 54.9 Å². The summed E-state index contributed by atoms with van der Waals surface area (Å²) in [4.78, 5) is 18.1. The van der Waals surface area contributed by atoms with Crippen LogP contribution < -0.4 is 0 Å². The van der Waals surface area contributed by atoms with Crippen LogP contribution in [0.5, 0.6) is 0 Å². The normalized spacial score (nSPS) is 12.6. The highest BCUT2D eigenvalue weighted by molar-refractivity contribution is 7.92. The van der Waals surface area contributed by atoms with Gasteiger partial charge in [-0.1, -0.05) is 188 Å². The molecule has 1 aliphatic rings. The largest absolute Gasteiger partial charge is 0.218 e. The number of thiophene rings is 2. The van der Waals surface area contributed by atoms with Crippen molar-refractivity contribution >= 4 is 52.7 Å². The van der Waals surface area contributed by atoms with Crippen molar-refractivity contribution in [2.24, 2.45) is 0 Å². The summed E-state index contributed by atoms with van der Waals surface area (Å²) in [5, 5.41) is 2.42. The van der Waals surface area contributed by atoms with Crippen LogP contribution in [0.15, 0.2) is 234 Å². The monoisotopic (exact) mass is 939 g/mol. The van der Waals surface area contributed by atoms with E-state index in [0.29, 0.717) is 27.3 Å². The number of sulfone groups is 1. The average Bonchev–Trinajstić information content (AvgIpc) is 4.12. The minimum absolute atomic E-state index is 0.369. The van der Waals surface area contributed by atoms with Crippen molar-refractivity contribution in [1.29, 1.82) is 0 Å². The fourth-order valence-electron chi connectivity index (χ4n) is 9.61. The van der Waals surface area contributed by atoms with Gasteiger partial charge in [-0.2, -0.15) is 0 Å². The number of hydrogen-bond acceptors (Lipinski definition) is 7. The van der Waals surface area contributed by atoms with E-state index >= 15 is 0 Å². The van der Waals surface area contributed by atoms with Gasteiger partial charge >= 0.3 is 0 Å². The molecule has 0 amide bonds. The number of aromatic nitrogens is 3. The summed E-state index contributed by atoms with van der Waals surface area (Å²) in [6, 6.07) is 76.7. The van der Waals surface area contributed by atoms with Crippen LogP contribution >= 0.6 is 22.7 Å². The highest BCUT2D eigenvalue weighted by Crippen LogP contribution is 2.53.